The molecule has 8 heteroatoms. The number of aromatic nitrogens is 1. The molecule has 5 nitrogen and oxygen atoms in total. The molecule has 0 spiro atoms. The first-order chi connectivity index (χ1) is 15.8. The molecule has 1 aliphatic carbocycles. The van der Waals surface area contributed by atoms with Gasteiger partial charge in [0, 0.05) is 59.5 Å². The zero-order valence-corrected chi connectivity index (χ0v) is 19.0. The Balaban J connectivity index is 1.48. The van der Waals surface area contributed by atoms with Gasteiger partial charge >= 0.3 is 0 Å². The Morgan fingerprint density at radius 3 is 2.61 bits per heavy atom. The Hall–Kier alpha value is -3.03. The van der Waals surface area contributed by atoms with Crippen LogP contribution in [0, 0.1) is 6.92 Å². The van der Waals surface area contributed by atoms with Gasteiger partial charge in [-0.2, -0.15) is 0 Å². The third-order valence-corrected chi connectivity index (χ3v) is 6.14. The summed E-state index contributed by atoms with van der Waals surface area (Å²) < 4.78 is 31.4. The lowest BCUT2D eigenvalue weighted by Gasteiger charge is -2.35. The fourth-order valence-electron chi connectivity index (χ4n) is 3.90. The van der Waals surface area contributed by atoms with Gasteiger partial charge in [0.25, 0.3) is 11.8 Å². The largest absolute Gasteiger partial charge is 0.496 e. The van der Waals surface area contributed by atoms with E-state index in [1.165, 1.54) is 13.3 Å². The Bertz CT molecular complexity index is 1180. The number of nitrogens with one attached hydrogen (secondary N) is 2. The van der Waals surface area contributed by atoms with E-state index < -0.39 is 5.92 Å². The number of benzene rings is 2. The third kappa shape index (κ3) is 5.15. The number of anilines is 1. The summed E-state index contributed by atoms with van der Waals surface area (Å²) in [5.74, 6) is -2.50. The van der Waals surface area contributed by atoms with Crippen LogP contribution in [0.25, 0.3) is 11.1 Å². The molecule has 0 bridgehead atoms. The summed E-state index contributed by atoms with van der Waals surface area (Å²) in [6.07, 6.45) is 1.19. The fraction of sp³-hybridized carbons (Fsp3) is 0.280. The minimum Gasteiger partial charge on any atom is -0.496 e. The molecule has 0 saturated heterocycles. The highest BCUT2D eigenvalue weighted by atomic mass is 35.5. The molecule has 1 fully saturated rings. The number of carbonyl (C=O) groups excluding carboxylic acids is 1. The normalized spacial score (nSPS) is 15.1. The molecule has 3 aromatic rings. The molecule has 33 heavy (non-hydrogen) atoms. The number of hydrogen-bond acceptors (Lipinski definition) is 4. The van der Waals surface area contributed by atoms with Gasteiger partial charge in [-0.1, -0.05) is 41.9 Å². The quantitative estimate of drug-likeness (QED) is 0.453. The number of pyridine rings is 1. The SMILES string of the molecule is COc1cc(C(=O)Nc2cccc(-c3ccccc3Cl)c2C)ncc1CNC1CC(F)(F)C1. The Morgan fingerprint density at radius 1 is 1.18 bits per heavy atom. The number of hydrogen-bond donors (Lipinski definition) is 2. The van der Waals surface area contributed by atoms with Crippen LogP contribution in [0.3, 0.4) is 0 Å². The van der Waals surface area contributed by atoms with Gasteiger partial charge in [-0.05, 0) is 30.2 Å². The molecule has 1 amide bonds. The molecule has 2 N–H and O–H groups in total. The first-order valence-electron chi connectivity index (χ1n) is 10.6. The van der Waals surface area contributed by atoms with Crippen molar-refractivity contribution < 1.29 is 18.3 Å². The van der Waals surface area contributed by atoms with Crippen molar-refractivity contribution in [3.63, 3.8) is 0 Å². The number of ether oxygens (including phenoxy) is 1. The van der Waals surface area contributed by atoms with Crippen LogP contribution in [0.2, 0.25) is 5.02 Å². The van der Waals surface area contributed by atoms with Crippen LogP contribution in [-0.4, -0.2) is 30.0 Å². The zero-order chi connectivity index (χ0) is 23.6. The molecule has 2 aromatic carbocycles. The molecule has 0 unspecified atom stereocenters. The highest BCUT2D eigenvalue weighted by Gasteiger charge is 2.44. The average Bonchev–Trinajstić information content (AvgIpc) is 2.78. The number of carbonyl (C=O) groups is 1. The highest BCUT2D eigenvalue weighted by molar-refractivity contribution is 6.33. The molecule has 0 atom stereocenters. The predicted molar refractivity (Wildman–Crippen MR) is 125 cm³/mol. The maximum Gasteiger partial charge on any atom is 0.274 e. The van der Waals surface area contributed by atoms with Crippen molar-refractivity contribution in [2.45, 2.75) is 38.3 Å². The van der Waals surface area contributed by atoms with Gasteiger partial charge in [0.1, 0.15) is 11.4 Å². The van der Waals surface area contributed by atoms with Gasteiger partial charge in [0.2, 0.25) is 0 Å². The molecule has 1 heterocycles. The second-order valence-electron chi connectivity index (χ2n) is 8.14. The second-order valence-corrected chi connectivity index (χ2v) is 8.54. The standard InChI is InChI=1S/C25H24ClF2N3O2/c1-15-18(19-6-3-4-8-20(19)26)7-5-9-21(15)31-24(32)22-10-23(33-2)16(14-30-22)13-29-17-11-25(27,28)12-17/h3-10,14,17,29H,11-13H2,1-2H3,(H,31,32). The summed E-state index contributed by atoms with van der Waals surface area (Å²) in [7, 11) is 1.50. The van der Waals surface area contributed by atoms with Gasteiger partial charge in [-0.15, -0.1) is 0 Å². The predicted octanol–water partition coefficient (Wildman–Crippen LogP) is 5.86. The topological polar surface area (TPSA) is 63.2 Å². The number of methoxy groups -OCH3 is 1. The Kier molecular flexibility index (Phi) is 6.63. The number of rotatable bonds is 7. The van der Waals surface area contributed by atoms with Crippen LogP contribution in [0.1, 0.15) is 34.5 Å². The maximum atomic E-state index is 13.0. The lowest BCUT2D eigenvalue weighted by molar-refractivity contribution is -0.0930. The number of halogens is 3. The van der Waals surface area contributed by atoms with Crippen LogP contribution in [-0.2, 0) is 6.54 Å². The molecular formula is C25H24ClF2N3O2. The van der Waals surface area contributed by atoms with E-state index in [4.69, 9.17) is 16.3 Å². The lowest BCUT2D eigenvalue weighted by Crippen LogP contribution is -2.48. The van der Waals surface area contributed by atoms with E-state index in [0.29, 0.717) is 28.6 Å². The van der Waals surface area contributed by atoms with Crippen molar-refractivity contribution in [2.75, 3.05) is 12.4 Å². The molecule has 0 aliphatic heterocycles. The van der Waals surface area contributed by atoms with Gasteiger partial charge in [-0.3, -0.25) is 9.78 Å². The molecule has 0 radical (unpaired) electrons. The van der Waals surface area contributed by atoms with E-state index in [-0.39, 0.29) is 30.5 Å². The lowest BCUT2D eigenvalue weighted by atomic mass is 9.88. The monoisotopic (exact) mass is 471 g/mol. The van der Waals surface area contributed by atoms with Crippen molar-refractivity contribution in [2.24, 2.45) is 0 Å². The van der Waals surface area contributed by atoms with Crippen LogP contribution < -0.4 is 15.4 Å². The van der Waals surface area contributed by atoms with Crippen LogP contribution >= 0.6 is 11.6 Å². The summed E-state index contributed by atoms with van der Waals surface area (Å²) in [5.41, 5.74) is 4.22. The first-order valence-corrected chi connectivity index (χ1v) is 10.9. The van der Waals surface area contributed by atoms with Gasteiger partial charge < -0.3 is 15.4 Å². The first kappa shape index (κ1) is 23.1. The number of nitrogens with zero attached hydrogens (tertiary/aromatic N) is 1. The minimum atomic E-state index is -2.58. The van der Waals surface area contributed by atoms with Crippen molar-refractivity contribution in [3.8, 4) is 16.9 Å². The summed E-state index contributed by atoms with van der Waals surface area (Å²) in [4.78, 5) is 17.2. The van der Waals surface area contributed by atoms with Crippen molar-refractivity contribution in [1.29, 1.82) is 0 Å². The van der Waals surface area contributed by atoms with Crippen LogP contribution in [0.15, 0.2) is 54.7 Å². The zero-order valence-electron chi connectivity index (χ0n) is 18.3. The van der Waals surface area contributed by atoms with Crippen molar-refractivity contribution >= 4 is 23.2 Å². The molecule has 172 valence electrons. The van der Waals surface area contributed by atoms with Gasteiger partial charge in [0.15, 0.2) is 0 Å². The smallest absolute Gasteiger partial charge is 0.274 e. The summed E-state index contributed by atoms with van der Waals surface area (Å²) in [6.45, 7) is 2.25. The van der Waals surface area contributed by atoms with Crippen molar-refractivity contribution in [3.05, 3.63) is 76.6 Å². The fourth-order valence-corrected chi connectivity index (χ4v) is 4.14. The number of amides is 1. The summed E-state index contributed by atoms with van der Waals surface area (Å²) >= 11 is 6.35. The van der Waals surface area contributed by atoms with Gasteiger partial charge in [0.05, 0.1) is 7.11 Å². The molecule has 1 aromatic heterocycles. The minimum absolute atomic E-state index is 0.171. The summed E-state index contributed by atoms with van der Waals surface area (Å²) in [5, 5.41) is 6.61. The highest BCUT2D eigenvalue weighted by Crippen LogP contribution is 2.37. The Morgan fingerprint density at radius 2 is 1.91 bits per heavy atom. The molecule has 1 aliphatic rings. The van der Waals surface area contributed by atoms with E-state index >= 15 is 0 Å². The van der Waals surface area contributed by atoms with Gasteiger partial charge in [-0.25, -0.2) is 8.78 Å². The maximum absolute atomic E-state index is 13.0. The molecule has 1 saturated carbocycles. The van der Waals surface area contributed by atoms with E-state index in [9.17, 15) is 13.6 Å². The van der Waals surface area contributed by atoms with Crippen molar-refractivity contribution in [1.82, 2.24) is 10.3 Å². The van der Waals surface area contributed by atoms with E-state index in [1.54, 1.807) is 6.07 Å². The van der Waals surface area contributed by atoms with E-state index in [0.717, 1.165) is 16.7 Å². The van der Waals surface area contributed by atoms with E-state index in [1.807, 2.05) is 49.4 Å². The van der Waals surface area contributed by atoms with Crippen LogP contribution in [0.4, 0.5) is 14.5 Å². The van der Waals surface area contributed by atoms with Crippen LogP contribution in [0.5, 0.6) is 5.75 Å². The molecule has 4 rings (SSSR count). The third-order valence-electron chi connectivity index (χ3n) is 5.81. The summed E-state index contributed by atoms with van der Waals surface area (Å²) in [6, 6.07) is 14.5. The average molecular weight is 472 g/mol. The number of alkyl halides is 2. The Labute approximate surface area is 196 Å². The van der Waals surface area contributed by atoms with E-state index in [2.05, 4.69) is 15.6 Å². The second kappa shape index (κ2) is 9.45. The molecular weight excluding hydrogens is 448 g/mol.